The molecule has 0 aliphatic heterocycles. The summed E-state index contributed by atoms with van der Waals surface area (Å²) in [4.78, 5) is 12.2. The molecule has 2 aromatic rings. The molecule has 5 nitrogen and oxygen atoms in total. The van der Waals surface area contributed by atoms with Gasteiger partial charge in [0, 0.05) is 11.3 Å². The van der Waals surface area contributed by atoms with Gasteiger partial charge in [0.05, 0.1) is 5.02 Å². The number of aryl methyl sites for hydroxylation is 1. The highest BCUT2D eigenvalue weighted by Gasteiger charge is 2.22. The summed E-state index contributed by atoms with van der Waals surface area (Å²) in [5.74, 6) is 0.0428. The van der Waals surface area contributed by atoms with E-state index in [2.05, 4.69) is 15.7 Å². The van der Waals surface area contributed by atoms with Crippen LogP contribution in [0.3, 0.4) is 0 Å². The van der Waals surface area contributed by atoms with E-state index in [-0.39, 0.29) is 5.91 Å². The first-order valence-electron chi connectivity index (χ1n) is 6.03. The van der Waals surface area contributed by atoms with Crippen molar-refractivity contribution < 1.29 is 9.32 Å². The smallest absolute Gasteiger partial charge is 0.277 e. The zero-order valence-electron chi connectivity index (χ0n) is 11.4. The van der Waals surface area contributed by atoms with Gasteiger partial charge in [0.2, 0.25) is 0 Å². The minimum Gasteiger partial charge on any atom is -0.360 e. The molecule has 0 unspecified atom stereocenters. The minimum atomic E-state index is -0.375. The lowest BCUT2D eigenvalue weighted by Crippen LogP contribution is -2.19. The zero-order valence-corrected chi connectivity index (χ0v) is 12.2. The van der Waals surface area contributed by atoms with E-state index in [0.29, 0.717) is 27.6 Å². The van der Waals surface area contributed by atoms with E-state index in [0.717, 1.165) is 5.71 Å². The van der Waals surface area contributed by atoms with E-state index in [1.165, 1.54) is 0 Å². The van der Waals surface area contributed by atoms with Gasteiger partial charge in [-0.25, -0.2) is 5.43 Å². The summed E-state index contributed by atoms with van der Waals surface area (Å²) in [5.41, 5.74) is 4.60. The first-order chi connectivity index (χ1) is 9.50. The van der Waals surface area contributed by atoms with Crippen molar-refractivity contribution in [2.24, 2.45) is 5.10 Å². The number of carbonyl (C=O) groups is 1. The first-order valence-corrected chi connectivity index (χ1v) is 6.41. The van der Waals surface area contributed by atoms with Gasteiger partial charge in [-0.05, 0) is 26.8 Å². The number of hydrogen-bond acceptors (Lipinski definition) is 4. The molecule has 6 heteroatoms. The van der Waals surface area contributed by atoms with Crippen LogP contribution < -0.4 is 5.43 Å². The predicted molar refractivity (Wildman–Crippen MR) is 77.9 cm³/mol. The van der Waals surface area contributed by atoms with Crippen molar-refractivity contribution in [3.8, 4) is 11.3 Å². The van der Waals surface area contributed by atoms with Gasteiger partial charge in [-0.2, -0.15) is 5.10 Å². The van der Waals surface area contributed by atoms with Crippen LogP contribution in [0.25, 0.3) is 11.3 Å². The third-order valence-electron chi connectivity index (χ3n) is 2.60. The fraction of sp³-hybridized carbons (Fsp3) is 0.214. The van der Waals surface area contributed by atoms with Crippen LogP contribution >= 0.6 is 11.6 Å². The number of hydrazone groups is 1. The van der Waals surface area contributed by atoms with Crippen LogP contribution in [0.4, 0.5) is 0 Å². The maximum absolute atomic E-state index is 12.2. The molecule has 0 saturated heterocycles. The van der Waals surface area contributed by atoms with E-state index >= 15 is 0 Å². The van der Waals surface area contributed by atoms with Gasteiger partial charge in [0.15, 0.2) is 0 Å². The molecule has 1 aromatic heterocycles. The summed E-state index contributed by atoms with van der Waals surface area (Å²) in [6, 6.07) is 7.15. The Labute approximate surface area is 121 Å². The fourth-order valence-corrected chi connectivity index (χ4v) is 1.92. The highest BCUT2D eigenvalue weighted by Crippen LogP contribution is 2.30. The van der Waals surface area contributed by atoms with Gasteiger partial charge >= 0.3 is 0 Å². The Kier molecular flexibility index (Phi) is 4.20. The summed E-state index contributed by atoms with van der Waals surface area (Å²) in [6.45, 7) is 5.25. The summed E-state index contributed by atoms with van der Waals surface area (Å²) >= 11 is 6.13. The Morgan fingerprint density at radius 1 is 1.35 bits per heavy atom. The van der Waals surface area contributed by atoms with Crippen molar-refractivity contribution in [3.05, 3.63) is 40.6 Å². The van der Waals surface area contributed by atoms with Gasteiger partial charge in [-0.3, -0.25) is 4.79 Å². The number of aromatic nitrogens is 1. The third kappa shape index (κ3) is 2.88. The number of hydrogen-bond donors (Lipinski definition) is 1. The fourth-order valence-electron chi connectivity index (χ4n) is 1.70. The molecule has 104 valence electrons. The Morgan fingerprint density at radius 3 is 2.70 bits per heavy atom. The summed E-state index contributed by atoms with van der Waals surface area (Å²) in [6.07, 6.45) is 0. The first kappa shape index (κ1) is 14.3. The molecule has 0 bridgehead atoms. The van der Waals surface area contributed by atoms with Gasteiger partial charge in [0.25, 0.3) is 5.91 Å². The molecular weight excluding hydrogens is 278 g/mol. The van der Waals surface area contributed by atoms with Crippen LogP contribution in [0.1, 0.15) is 30.0 Å². The molecule has 0 spiro atoms. The van der Waals surface area contributed by atoms with Crippen LogP contribution in [0.5, 0.6) is 0 Å². The number of rotatable bonds is 3. The molecule has 0 radical (unpaired) electrons. The van der Waals surface area contributed by atoms with E-state index in [1.54, 1.807) is 32.9 Å². The van der Waals surface area contributed by atoms with Gasteiger partial charge in [-0.15, -0.1) is 0 Å². The van der Waals surface area contributed by atoms with Crippen molar-refractivity contribution in [2.75, 3.05) is 0 Å². The molecular formula is C14H14ClN3O2. The lowest BCUT2D eigenvalue weighted by molar-refractivity contribution is 0.0954. The molecule has 0 aliphatic carbocycles. The van der Waals surface area contributed by atoms with Gasteiger partial charge in [0.1, 0.15) is 17.0 Å². The molecule has 20 heavy (non-hydrogen) atoms. The molecule has 1 amide bonds. The normalized spacial score (nSPS) is 10.2. The Bertz CT molecular complexity index is 673. The number of nitrogens with one attached hydrogen (secondary N) is 1. The zero-order chi connectivity index (χ0) is 14.7. The van der Waals surface area contributed by atoms with Crippen LogP contribution in [-0.4, -0.2) is 16.8 Å². The highest BCUT2D eigenvalue weighted by molar-refractivity contribution is 6.33. The van der Waals surface area contributed by atoms with Crippen LogP contribution in [0, 0.1) is 6.92 Å². The second-order valence-corrected chi connectivity index (χ2v) is 4.85. The van der Waals surface area contributed by atoms with Crippen LogP contribution in [-0.2, 0) is 0 Å². The van der Waals surface area contributed by atoms with Crippen LogP contribution in [0.15, 0.2) is 33.9 Å². The summed E-state index contributed by atoms with van der Waals surface area (Å²) < 4.78 is 5.12. The number of nitrogens with zero attached hydrogens (tertiary/aromatic N) is 2. The van der Waals surface area contributed by atoms with E-state index in [4.69, 9.17) is 16.1 Å². The predicted octanol–water partition coefficient (Wildman–Crippen LogP) is 3.43. The number of carbonyl (C=O) groups excluding carboxylic acids is 1. The van der Waals surface area contributed by atoms with E-state index in [9.17, 15) is 4.79 Å². The van der Waals surface area contributed by atoms with Gasteiger partial charge < -0.3 is 4.52 Å². The van der Waals surface area contributed by atoms with Crippen LogP contribution in [0.2, 0.25) is 5.02 Å². The molecule has 0 fully saturated rings. The Morgan fingerprint density at radius 2 is 2.05 bits per heavy atom. The number of halogens is 1. The molecule has 1 N–H and O–H groups in total. The monoisotopic (exact) mass is 291 g/mol. The summed E-state index contributed by atoms with van der Waals surface area (Å²) in [7, 11) is 0. The maximum Gasteiger partial charge on any atom is 0.277 e. The molecule has 0 atom stereocenters. The van der Waals surface area contributed by atoms with Crippen molar-refractivity contribution in [1.29, 1.82) is 0 Å². The second kappa shape index (κ2) is 5.88. The minimum absolute atomic E-state index is 0.336. The largest absolute Gasteiger partial charge is 0.360 e. The van der Waals surface area contributed by atoms with E-state index in [1.807, 2.05) is 12.1 Å². The number of amides is 1. The van der Waals surface area contributed by atoms with Crippen molar-refractivity contribution >= 4 is 23.2 Å². The molecule has 0 aliphatic rings. The van der Waals surface area contributed by atoms with Crippen molar-refractivity contribution in [2.45, 2.75) is 20.8 Å². The van der Waals surface area contributed by atoms with E-state index < -0.39 is 0 Å². The average molecular weight is 292 g/mol. The molecule has 1 heterocycles. The second-order valence-electron chi connectivity index (χ2n) is 4.44. The lowest BCUT2D eigenvalue weighted by Gasteiger charge is -2.03. The standard InChI is InChI=1S/C14H14ClN3O2/c1-8(2)16-17-14(19)12-9(3)20-18-13(12)10-6-4-5-7-11(10)15/h4-7H,1-3H3,(H,17,19). The SMILES string of the molecule is CC(C)=NNC(=O)c1c(-c2ccccc2Cl)noc1C. The molecule has 2 rings (SSSR count). The highest BCUT2D eigenvalue weighted by atomic mass is 35.5. The number of benzene rings is 1. The Balaban J connectivity index is 2.45. The van der Waals surface area contributed by atoms with Gasteiger partial charge in [-0.1, -0.05) is 35.0 Å². The molecule has 0 saturated carbocycles. The summed E-state index contributed by atoms with van der Waals surface area (Å²) in [5, 5.41) is 8.32. The average Bonchev–Trinajstić information content (AvgIpc) is 2.78. The molecule has 1 aromatic carbocycles. The quantitative estimate of drug-likeness (QED) is 0.696. The Hall–Kier alpha value is -2.14. The van der Waals surface area contributed by atoms with Crippen molar-refractivity contribution in [3.63, 3.8) is 0 Å². The lowest BCUT2D eigenvalue weighted by atomic mass is 10.1. The maximum atomic E-state index is 12.2. The van der Waals surface area contributed by atoms with Crippen molar-refractivity contribution in [1.82, 2.24) is 10.6 Å². The third-order valence-corrected chi connectivity index (χ3v) is 2.93. The topological polar surface area (TPSA) is 67.5 Å².